The molecule has 0 bridgehead atoms. The van der Waals surface area contributed by atoms with Gasteiger partial charge in [-0.1, -0.05) is 18.2 Å². The Morgan fingerprint density at radius 1 is 0.944 bits per heavy atom. The first-order chi connectivity index (χ1) is 17.4. The van der Waals surface area contributed by atoms with E-state index in [4.69, 9.17) is 18.6 Å². The molecule has 0 atom stereocenters. The van der Waals surface area contributed by atoms with Gasteiger partial charge in [-0.05, 0) is 81.3 Å². The van der Waals surface area contributed by atoms with Gasteiger partial charge in [0.1, 0.15) is 17.3 Å². The molecule has 2 heterocycles. The van der Waals surface area contributed by atoms with Crippen LogP contribution >= 0.6 is 0 Å². The highest BCUT2D eigenvalue weighted by Crippen LogP contribution is 2.26. The summed E-state index contributed by atoms with van der Waals surface area (Å²) in [5, 5.41) is 0. The van der Waals surface area contributed by atoms with Crippen LogP contribution in [0, 0.1) is 6.92 Å². The topological polar surface area (TPSA) is 83.7 Å². The molecule has 36 heavy (non-hydrogen) atoms. The van der Waals surface area contributed by atoms with E-state index in [-0.39, 0.29) is 0 Å². The number of rotatable bonds is 10. The Morgan fingerprint density at radius 2 is 1.64 bits per heavy atom. The van der Waals surface area contributed by atoms with Crippen molar-refractivity contribution >= 4 is 5.97 Å². The van der Waals surface area contributed by atoms with Gasteiger partial charge in [0.15, 0.2) is 5.60 Å². The van der Waals surface area contributed by atoms with E-state index in [1.807, 2.05) is 61.7 Å². The molecule has 0 unspecified atom stereocenters. The van der Waals surface area contributed by atoms with E-state index >= 15 is 0 Å². The van der Waals surface area contributed by atoms with Crippen LogP contribution in [0.3, 0.4) is 0 Å². The molecule has 0 saturated heterocycles. The van der Waals surface area contributed by atoms with Gasteiger partial charge in [0.2, 0.25) is 5.89 Å². The maximum atomic E-state index is 12.0. The number of nitrogens with zero attached hydrogens (tertiary/aromatic N) is 2. The van der Waals surface area contributed by atoms with Gasteiger partial charge < -0.3 is 18.6 Å². The molecule has 0 amide bonds. The molecular formula is C29H30N2O5. The number of aromatic nitrogens is 2. The number of ether oxygens (including phenoxy) is 3. The fraction of sp³-hybridized carbons (Fsp3) is 0.276. The van der Waals surface area contributed by atoms with Crippen molar-refractivity contribution in [2.75, 3.05) is 13.2 Å². The van der Waals surface area contributed by atoms with Gasteiger partial charge in [0.25, 0.3) is 0 Å². The summed E-state index contributed by atoms with van der Waals surface area (Å²) < 4.78 is 22.6. The van der Waals surface area contributed by atoms with Crippen LogP contribution in [0.1, 0.15) is 32.2 Å². The smallest absolute Gasteiger partial charge is 0.349 e. The summed E-state index contributed by atoms with van der Waals surface area (Å²) in [6, 6.07) is 19.2. The van der Waals surface area contributed by atoms with Crippen LogP contribution in [0.15, 0.2) is 77.5 Å². The van der Waals surface area contributed by atoms with Crippen molar-refractivity contribution in [1.82, 2.24) is 9.97 Å². The molecule has 2 aromatic heterocycles. The predicted molar refractivity (Wildman–Crippen MR) is 137 cm³/mol. The maximum Gasteiger partial charge on any atom is 0.349 e. The van der Waals surface area contributed by atoms with Gasteiger partial charge in [-0.3, -0.25) is 4.98 Å². The molecule has 0 saturated carbocycles. The lowest BCUT2D eigenvalue weighted by Crippen LogP contribution is -2.39. The second-order valence-corrected chi connectivity index (χ2v) is 8.74. The summed E-state index contributed by atoms with van der Waals surface area (Å²) in [6.45, 7) is 7.79. The summed E-state index contributed by atoms with van der Waals surface area (Å²) in [7, 11) is 0. The van der Waals surface area contributed by atoms with Crippen molar-refractivity contribution in [3.8, 4) is 34.1 Å². The molecule has 2 aromatic carbocycles. The lowest BCUT2D eigenvalue weighted by molar-refractivity contribution is -0.158. The molecule has 7 nitrogen and oxygen atoms in total. The Bertz CT molecular complexity index is 1280. The highest BCUT2D eigenvalue weighted by molar-refractivity contribution is 5.79. The molecule has 0 aliphatic carbocycles. The molecule has 0 N–H and O–H groups in total. The van der Waals surface area contributed by atoms with Crippen LogP contribution in [0.4, 0.5) is 0 Å². The van der Waals surface area contributed by atoms with Crippen LogP contribution in [0.5, 0.6) is 11.5 Å². The largest absolute Gasteiger partial charge is 0.493 e. The number of hydrogen-bond acceptors (Lipinski definition) is 7. The highest BCUT2D eigenvalue weighted by atomic mass is 16.6. The lowest BCUT2D eigenvalue weighted by Gasteiger charge is -2.24. The van der Waals surface area contributed by atoms with E-state index in [1.165, 1.54) is 0 Å². The number of aryl methyl sites for hydroxylation is 1. The van der Waals surface area contributed by atoms with Gasteiger partial charge in [-0.15, -0.1) is 0 Å². The third-order valence-electron chi connectivity index (χ3n) is 5.59. The second kappa shape index (κ2) is 11.1. The van der Waals surface area contributed by atoms with Crippen LogP contribution in [0.2, 0.25) is 0 Å². The molecule has 0 radical (unpaired) electrons. The van der Waals surface area contributed by atoms with Gasteiger partial charge in [0, 0.05) is 24.4 Å². The molecule has 0 fully saturated rings. The maximum absolute atomic E-state index is 12.0. The Balaban J connectivity index is 1.32. The van der Waals surface area contributed by atoms with Gasteiger partial charge in [-0.25, -0.2) is 9.78 Å². The zero-order chi connectivity index (χ0) is 25.5. The van der Waals surface area contributed by atoms with Crippen LogP contribution in [0.25, 0.3) is 22.6 Å². The average Bonchev–Trinajstić information content (AvgIpc) is 3.26. The zero-order valence-electron chi connectivity index (χ0n) is 21.0. The van der Waals surface area contributed by atoms with E-state index in [9.17, 15) is 4.79 Å². The number of carbonyl (C=O) groups excluding carboxylic acids is 1. The first-order valence-electron chi connectivity index (χ1n) is 11.9. The quantitative estimate of drug-likeness (QED) is 0.252. The normalized spacial score (nSPS) is 11.2. The Hall–Kier alpha value is -4.13. The summed E-state index contributed by atoms with van der Waals surface area (Å²) in [6.07, 6.45) is 4.21. The molecule has 0 aliphatic rings. The van der Waals surface area contributed by atoms with Crippen LogP contribution < -0.4 is 9.47 Å². The first kappa shape index (κ1) is 25.0. The van der Waals surface area contributed by atoms with Crippen molar-refractivity contribution < 1.29 is 23.4 Å². The van der Waals surface area contributed by atoms with E-state index in [0.717, 1.165) is 28.1 Å². The SMILES string of the molecule is CCOC(=O)C(C)(C)Oc1ccc(OCCc2nc(-c3ccc(-c4cccnc4)cc3)oc2C)cc1. The molecule has 4 aromatic rings. The van der Waals surface area contributed by atoms with E-state index in [1.54, 1.807) is 39.1 Å². The fourth-order valence-electron chi connectivity index (χ4n) is 3.63. The minimum absolute atomic E-state index is 0.309. The number of hydrogen-bond donors (Lipinski definition) is 0. The molecule has 186 valence electrons. The van der Waals surface area contributed by atoms with Crippen molar-refractivity contribution in [3.63, 3.8) is 0 Å². The summed E-state index contributed by atoms with van der Waals surface area (Å²) >= 11 is 0. The minimum Gasteiger partial charge on any atom is -0.493 e. The Morgan fingerprint density at radius 3 is 2.31 bits per heavy atom. The van der Waals surface area contributed by atoms with E-state index < -0.39 is 11.6 Å². The summed E-state index contributed by atoms with van der Waals surface area (Å²) in [4.78, 5) is 20.9. The first-order valence-corrected chi connectivity index (χ1v) is 11.9. The predicted octanol–water partition coefficient (Wildman–Crippen LogP) is 6.05. The number of oxazole rings is 1. The molecular weight excluding hydrogens is 456 g/mol. The van der Waals surface area contributed by atoms with E-state index in [0.29, 0.717) is 37.0 Å². The highest BCUT2D eigenvalue weighted by Gasteiger charge is 2.31. The third-order valence-corrected chi connectivity index (χ3v) is 5.59. The molecule has 0 spiro atoms. The standard InChI is InChI=1S/C29H30N2O5/c1-5-33-28(32)29(3,4)36-25-14-12-24(13-15-25)34-18-16-26-20(2)35-27(31-26)22-10-8-21(9-11-22)23-7-6-17-30-19-23/h6-15,17,19H,5,16,18H2,1-4H3. The summed E-state index contributed by atoms with van der Waals surface area (Å²) in [5.74, 6) is 2.22. The monoisotopic (exact) mass is 486 g/mol. The summed E-state index contributed by atoms with van der Waals surface area (Å²) in [5.41, 5.74) is 2.86. The van der Waals surface area contributed by atoms with E-state index in [2.05, 4.69) is 9.97 Å². The second-order valence-electron chi connectivity index (χ2n) is 8.74. The number of carbonyl (C=O) groups is 1. The third kappa shape index (κ3) is 6.10. The van der Waals surface area contributed by atoms with Crippen molar-refractivity contribution in [2.24, 2.45) is 0 Å². The number of esters is 1. The Kier molecular flexibility index (Phi) is 7.68. The molecule has 0 aliphatic heterocycles. The minimum atomic E-state index is -1.07. The fourth-order valence-corrected chi connectivity index (χ4v) is 3.63. The van der Waals surface area contributed by atoms with Gasteiger partial charge in [0.05, 0.1) is 18.9 Å². The number of benzene rings is 2. The van der Waals surface area contributed by atoms with Crippen molar-refractivity contribution in [2.45, 2.75) is 39.7 Å². The number of pyridine rings is 1. The van der Waals surface area contributed by atoms with Crippen LogP contribution in [-0.2, 0) is 16.0 Å². The molecule has 7 heteroatoms. The van der Waals surface area contributed by atoms with Crippen molar-refractivity contribution in [1.29, 1.82) is 0 Å². The van der Waals surface area contributed by atoms with Crippen molar-refractivity contribution in [3.05, 3.63) is 84.5 Å². The lowest BCUT2D eigenvalue weighted by atomic mass is 10.1. The Labute approximate surface area is 211 Å². The average molecular weight is 487 g/mol. The van der Waals surface area contributed by atoms with Gasteiger partial charge in [-0.2, -0.15) is 0 Å². The van der Waals surface area contributed by atoms with Crippen LogP contribution in [-0.4, -0.2) is 34.8 Å². The molecule has 4 rings (SSSR count). The van der Waals surface area contributed by atoms with Gasteiger partial charge >= 0.3 is 5.97 Å². The zero-order valence-corrected chi connectivity index (χ0v) is 21.0.